The van der Waals surface area contributed by atoms with E-state index >= 15 is 0 Å². The van der Waals surface area contributed by atoms with Crippen LogP contribution in [0.25, 0.3) is 0 Å². The van der Waals surface area contributed by atoms with Crippen molar-refractivity contribution in [3.63, 3.8) is 0 Å². The van der Waals surface area contributed by atoms with Gasteiger partial charge in [0.05, 0.1) is 12.1 Å². The predicted molar refractivity (Wildman–Crippen MR) is 82.7 cm³/mol. The van der Waals surface area contributed by atoms with Crippen LogP contribution >= 0.6 is 0 Å². The van der Waals surface area contributed by atoms with Gasteiger partial charge >= 0.3 is 12.2 Å². The number of nitrogens with zero attached hydrogens (tertiary/aromatic N) is 2. The fraction of sp³-hybridized carbons (Fsp3) is 0.875. The first kappa shape index (κ1) is 16.9. The summed E-state index contributed by atoms with van der Waals surface area (Å²) in [5.41, 5.74) is -1.00. The molecule has 2 amide bonds. The number of fused-ring (bicyclic) bond motifs is 2. The number of likely N-dealkylation sites (tertiary alicyclic amines) is 1. The highest BCUT2D eigenvalue weighted by molar-refractivity contribution is 5.72. The van der Waals surface area contributed by atoms with E-state index in [2.05, 4.69) is 0 Å². The lowest BCUT2D eigenvalue weighted by Gasteiger charge is -2.41. The fourth-order valence-corrected chi connectivity index (χ4v) is 2.99. The Bertz CT molecular complexity index is 436. The van der Waals surface area contributed by atoms with Crippen LogP contribution in [0.5, 0.6) is 0 Å². The van der Waals surface area contributed by atoms with E-state index in [1.165, 1.54) is 0 Å². The molecule has 2 atom stereocenters. The Morgan fingerprint density at radius 2 is 1.23 bits per heavy atom. The molecular weight excluding hydrogens is 284 g/mol. The van der Waals surface area contributed by atoms with Crippen LogP contribution in [0.3, 0.4) is 0 Å². The topological polar surface area (TPSA) is 59.1 Å². The molecule has 6 heteroatoms. The Balaban J connectivity index is 2.00. The number of piperazine rings is 1. The van der Waals surface area contributed by atoms with Crippen LogP contribution in [-0.2, 0) is 9.47 Å². The summed E-state index contributed by atoms with van der Waals surface area (Å²) in [4.78, 5) is 28.1. The molecule has 2 aliphatic heterocycles. The molecule has 2 fully saturated rings. The summed E-state index contributed by atoms with van der Waals surface area (Å²) < 4.78 is 10.9. The van der Waals surface area contributed by atoms with Gasteiger partial charge in [-0.2, -0.15) is 0 Å². The van der Waals surface area contributed by atoms with Crippen molar-refractivity contribution in [2.75, 3.05) is 13.1 Å². The van der Waals surface area contributed by atoms with E-state index in [4.69, 9.17) is 9.47 Å². The maximum atomic E-state index is 12.3. The zero-order valence-electron chi connectivity index (χ0n) is 14.5. The van der Waals surface area contributed by atoms with Crippen molar-refractivity contribution < 1.29 is 19.1 Å². The first-order valence-electron chi connectivity index (χ1n) is 7.95. The summed E-state index contributed by atoms with van der Waals surface area (Å²) >= 11 is 0. The van der Waals surface area contributed by atoms with Crippen LogP contribution < -0.4 is 0 Å². The zero-order valence-corrected chi connectivity index (χ0v) is 14.5. The first-order chi connectivity index (χ1) is 9.96. The van der Waals surface area contributed by atoms with Crippen molar-refractivity contribution in [1.29, 1.82) is 0 Å². The van der Waals surface area contributed by atoms with Crippen molar-refractivity contribution in [1.82, 2.24) is 9.80 Å². The second-order valence-corrected chi connectivity index (χ2v) is 8.16. The van der Waals surface area contributed by atoms with Crippen molar-refractivity contribution in [3.05, 3.63) is 0 Å². The maximum Gasteiger partial charge on any atom is 0.410 e. The lowest BCUT2D eigenvalue weighted by molar-refractivity contribution is -0.0173. The highest BCUT2D eigenvalue weighted by Crippen LogP contribution is 2.32. The van der Waals surface area contributed by atoms with E-state index in [9.17, 15) is 9.59 Å². The Kier molecular flexibility index (Phi) is 4.33. The van der Waals surface area contributed by atoms with Crippen molar-refractivity contribution in [3.8, 4) is 0 Å². The summed E-state index contributed by atoms with van der Waals surface area (Å²) in [6.45, 7) is 12.2. The number of rotatable bonds is 0. The number of carbonyl (C=O) groups is 2. The van der Waals surface area contributed by atoms with Crippen LogP contribution in [0, 0.1) is 0 Å². The van der Waals surface area contributed by atoms with Gasteiger partial charge in [0, 0.05) is 13.1 Å². The van der Waals surface area contributed by atoms with Gasteiger partial charge in [-0.1, -0.05) is 0 Å². The molecule has 0 aromatic rings. The van der Waals surface area contributed by atoms with Crippen LogP contribution in [0.1, 0.15) is 54.4 Å². The molecule has 2 unspecified atom stereocenters. The molecule has 2 rings (SSSR count). The number of carbonyl (C=O) groups excluding carboxylic acids is 2. The van der Waals surface area contributed by atoms with E-state index in [1.807, 2.05) is 46.4 Å². The molecule has 2 bridgehead atoms. The zero-order chi connectivity index (χ0) is 16.7. The molecule has 2 heterocycles. The van der Waals surface area contributed by atoms with Gasteiger partial charge in [-0.3, -0.25) is 4.90 Å². The molecule has 0 saturated carbocycles. The van der Waals surface area contributed by atoms with Gasteiger partial charge in [0.15, 0.2) is 0 Å². The molecule has 2 saturated heterocycles. The molecule has 0 aliphatic carbocycles. The summed E-state index contributed by atoms with van der Waals surface area (Å²) in [6, 6.07) is 0.0576. The normalized spacial score (nSPS) is 25.2. The minimum absolute atomic E-state index is 0.0288. The molecular formula is C16H28N2O4. The average molecular weight is 312 g/mol. The summed E-state index contributed by atoms with van der Waals surface area (Å²) in [6.07, 6.45) is 1.24. The molecule has 0 radical (unpaired) electrons. The highest BCUT2D eigenvalue weighted by Gasteiger charge is 2.46. The van der Waals surface area contributed by atoms with Gasteiger partial charge in [0.1, 0.15) is 11.2 Å². The molecule has 2 aliphatic rings. The van der Waals surface area contributed by atoms with Gasteiger partial charge in [0.2, 0.25) is 0 Å². The second-order valence-electron chi connectivity index (χ2n) is 8.16. The van der Waals surface area contributed by atoms with E-state index in [1.54, 1.807) is 4.90 Å². The number of amides is 2. The SMILES string of the molecule is CC(C)(C)OC(=O)N1CC2CCC(C1)N2C(=O)OC(C)(C)C. The van der Waals surface area contributed by atoms with Crippen LogP contribution in [-0.4, -0.2) is 58.4 Å². The average Bonchev–Trinajstić information content (AvgIpc) is 2.56. The Hall–Kier alpha value is -1.46. The third-order valence-electron chi connectivity index (χ3n) is 3.74. The Labute approximate surface area is 132 Å². The minimum Gasteiger partial charge on any atom is -0.444 e. The lowest BCUT2D eigenvalue weighted by atomic mass is 10.2. The largest absolute Gasteiger partial charge is 0.444 e. The Morgan fingerprint density at radius 1 is 0.818 bits per heavy atom. The van der Waals surface area contributed by atoms with Gasteiger partial charge in [0.25, 0.3) is 0 Å². The minimum atomic E-state index is -0.502. The van der Waals surface area contributed by atoms with Gasteiger partial charge in [-0.15, -0.1) is 0 Å². The number of hydrogen-bond acceptors (Lipinski definition) is 4. The van der Waals surface area contributed by atoms with Crippen molar-refractivity contribution in [2.45, 2.75) is 77.7 Å². The fourth-order valence-electron chi connectivity index (χ4n) is 2.99. The summed E-state index contributed by atoms with van der Waals surface area (Å²) in [7, 11) is 0. The molecule has 126 valence electrons. The standard InChI is InChI=1S/C16H28N2O4/c1-15(2,3)21-13(19)17-9-11-7-8-12(10-17)18(11)14(20)22-16(4,5)6/h11-12H,7-10H2,1-6H3. The van der Waals surface area contributed by atoms with Gasteiger partial charge < -0.3 is 14.4 Å². The third kappa shape index (κ3) is 4.05. The van der Waals surface area contributed by atoms with Crippen LogP contribution in [0.2, 0.25) is 0 Å². The van der Waals surface area contributed by atoms with E-state index in [0.29, 0.717) is 13.1 Å². The molecule has 22 heavy (non-hydrogen) atoms. The second kappa shape index (κ2) is 5.63. The third-order valence-corrected chi connectivity index (χ3v) is 3.74. The molecule has 0 N–H and O–H groups in total. The summed E-state index contributed by atoms with van der Waals surface area (Å²) in [5, 5.41) is 0. The monoisotopic (exact) mass is 312 g/mol. The highest BCUT2D eigenvalue weighted by atomic mass is 16.6. The molecule has 0 aromatic heterocycles. The van der Waals surface area contributed by atoms with E-state index in [-0.39, 0.29) is 24.3 Å². The van der Waals surface area contributed by atoms with Crippen molar-refractivity contribution in [2.24, 2.45) is 0 Å². The van der Waals surface area contributed by atoms with E-state index in [0.717, 1.165) is 12.8 Å². The number of ether oxygens (including phenoxy) is 2. The number of hydrogen-bond donors (Lipinski definition) is 0. The Morgan fingerprint density at radius 3 is 1.64 bits per heavy atom. The quantitative estimate of drug-likeness (QED) is 0.690. The van der Waals surface area contributed by atoms with Crippen LogP contribution in [0.15, 0.2) is 0 Å². The van der Waals surface area contributed by atoms with Gasteiger partial charge in [-0.05, 0) is 54.4 Å². The van der Waals surface area contributed by atoms with Gasteiger partial charge in [-0.25, -0.2) is 9.59 Å². The molecule has 0 spiro atoms. The lowest BCUT2D eigenvalue weighted by Crippen LogP contribution is -2.58. The van der Waals surface area contributed by atoms with Crippen molar-refractivity contribution >= 4 is 12.2 Å². The smallest absolute Gasteiger partial charge is 0.410 e. The predicted octanol–water partition coefficient (Wildman–Crippen LogP) is 3.01. The van der Waals surface area contributed by atoms with Crippen LogP contribution in [0.4, 0.5) is 9.59 Å². The molecule has 6 nitrogen and oxygen atoms in total. The van der Waals surface area contributed by atoms with E-state index < -0.39 is 11.2 Å². The summed E-state index contributed by atoms with van der Waals surface area (Å²) in [5.74, 6) is 0. The first-order valence-corrected chi connectivity index (χ1v) is 7.95. The maximum absolute atomic E-state index is 12.3. The molecule has 0 aromatic carbocycles.